The third-order valence-electron chi connectivity index (χ3n) is 5.11. The summed E-state index contributed by atoms with van der Waals surface area (Å²) in [6.07, 6.45) is 1.44. The lowest BCUT2D eigenvalue weighted by Crippen LogP contribution is -2.19. The quantitative estimate of drug-likeness (QED) is 0.727. The van der Waals surface area contributed by atoms with Crippen LogP contribution >= 0.6 is 0 Å². The summed E-state index contributed by atoms with van der Waals surface area (Å²) >= 11 is 0. The number of rotatable bonds is 3. The highest BCUT2D eigenvalue weighted by atomic mass is 16.1. The maximum atomic E-state index is 12.8. The SMILES string of the molecule is Cc1ccc(Nc2nn(-c3ccccc3)c3c2C(=O)CC(C)C3)cc1C. The smallest absolute Gasteiger partial charge is 0.168 e. The Balaban J connectivity index is 1.82. The number of nitrogens with one attached hydrogen (secondary N) is 1. The molecule has 1 atom stereocenters. The molecule has 0 bridgehead atoms. The average molecular weight is 345 g/mol. The highest BCUT2D eigenvalue weighted by Crippen LogP contribution is 2.34. The predicted octanol–water partition coefficient (Wildman–Crippen LogP) is 5.00. The Labute approximate surface area is 153 Å². The van der Waals surface area contributed by atoms with Gasteiger partial charge < -0.3 is 5.32 Å². The Morgan fingerprint density at radius 2 is 1.81 bits per heavy atom. The highest BCUT2D eigenvalue weighted by Gasteiger charge is 2.31. The maximum absolute atomic E-state index is 12.8. The van der Waals surface area contributed by atoms with E-state index in [1.165, 1.54) is 11.1 Å². The molecule has 0 saturated heterocycles. The molecule has 1 N–H and O–H groups in total. The summed E-state index contributed by atoms with van der Waals surface area (Å²) in [5.41, 5.74) is 6.15. The Morgan fingerprint density at radius 3 is 2.54 bits per heavy atom. The van der Waals surface area contributed by atoms with Gasteiger partial charge in [-0.1, -0.05) is 31.2 Å². The van der Waals surface area contributed by atoms with E-state index < -0.39 is 0 Å². The Bertz CT molecular complexity index is 973. The Morgan fingerprint density at radius 1 is 1.04 bits per heavy atom. The van der Waals surface area contributed by atoms with Gasteiger partial charge in [-0.05, 0) is 61.6 Å². The van der Waals surface area contributed by atoms with Crippen molar-refractivity contribution in [1.29, 1.82) is 0 Å². The number of aryl methyl sites for hydroxylation is 2. The van der Waals surface area contributed by atoms with Gasteiger partial charge in [0, 0.05) is 12.1 Å². The van der Waals surface area contributed by atoms with Crippen molar-refractivity contribution in [2.75, 3.05) is 5.32 Å². The molecule has 1 aromatic heterocycles. The Kier molecular flexibility index (Phi) is 4.11. The monoisotopic (exact) mass is 345 g/mol. The molecule has 0 amide bonds. The first-order chi connectivity index (χ1) is 12.5. The highest BCUT2D eigenvalue weighted by molar-refractivity contribution is 6.03. The molecule has 0 aliphatic heterocycles. The molecule has 4 heteroatoms. The summed E-state index contributed by atoms with van der Waals surface area (Å²) in [4.78, 5) is 12.8. The van der Waals surface area contributed by atoms with Crippen LogP contribution in [0.25, 0.3) is 5.69 Å². The van der Waals surface area contributed by atoms with Crippen LogP contribution in [0.2, 0.25) is 0 Å². The van der Waals surface area contributed by atoms with E-state index >= 15 is 0 Å². The number of hydrogen-bond acceptors (Lipinski definition) is 3. The number of Topliss-reactive ketones (excluding diaryl/α,β-unsaturated/α-hetero) is 1. The van der Waals surface area contributed by atoms with Crippen molar-refractivity contribution in [3.8, 4) is 5.69 Å². The second kappa shape index (κ2) is 6.45. The molecule has 0 fully saturated rings. The minimum absolute atomic E-state index is 0.173. The fourth-order valence-corrected chi connectivity index (χ4v) is 3.58. The molecule has 0 spiro atoms. The van der Waals surface area contributed by atoms with E-state index in [1.54, 1.807) is 0 Å². The zero-order valence-electron chi connectivity index (χ0n) is 15.4. The predicted molar refractivity (Wildman–Crippen MR) is 105 cm³/mol. The molecular formula is C22H23N3O. The van der Waals surface area contributed by atoms with Gasteiger partial charge in [0.2, 0.25) is 0 Å². The molecule has 3 aromatic rings. The first kappa shape index (κ1) is 16.6. The van der Waals surface area contributed by atoms with Crippen molar-refractivity contribution < 1.29 is 4.79 Å². The number of hydrogen-bond donors (Lipinski definition) is 1. The van der Waals surface area contributed by atoms with E-state index in [1.807, 2.05) is 41.1 Å². The van der Waals surface area contributed by atoms with Crippen LogP contribution in [0, 0.1) is 19.8 Å². The largest absolute Gasteiger partial charge is 0.338 e. The van der Waals surface area contributed by atoms with Crippen LogP contribution in [0.5, 0.6) is 0 Å². The molecular weight excluding hydrogens is 322 g/mol. The lowest BCUT2D eigenvalue weighted by molar-refractivity contribution is 0.0953. The van der Waals surface area contributed by atoms with E-state index in [9.17, 15) is 4.79 Å². The van der Waals surface area contributed by atoms with Gasteiger partial charge in [0.1, 0.15) is 0 Å². The van der Waals surface area contributed by atoms with Gasteiger partial charge in [-0.3, -0.25) is 4.79 Å². The van der Waals surface area contributed by atoms with E-state index in [4.69, 9.17) is 5.10 Å². The van der Waals surface area contributed by atoms with Crippen LogP contribution in [0.3, 0.4) is 0 Å². The molecule has 4 rings (SSSR count). The zero-order chi connectivity index (χ0) is 18.3. The van der Waals surface area contributed by atoms with Crippen molar-refractivity contribution >= 4 is 17.3 Å². The van der Waals surface area contributed by atoms with Gasteiger partial charge in [0.15, 0.2) is 11.6 Å². The topological polar surface area (TPSA) is 46.9 Å². The van der Waals surface area contributed by atoms with Crippen LogP contribution in [0.4, 0.5) is 11.5 Å². The fraction of sp³-hybridized carbons (Fsp3) is 0.273. The van der Waals surface area contributed by atoms with Crippen LogP contribution < -0.4 is 5.32 Å². The summed E-state index contributed by atoms with van der Waals surface area (Å²) < 4.78 is 1.92. The van der Waals surface area contributed by atoms with E-state index in [-0.39, 0.29) is 5.78 Å². The van der Waals surface area contributed by atoms with Crippen LogP contribution in [0.1, 0.15) is 40.5 Å². The number of nitrogens with zero attached hydrogens (tertiary/aromatic N) is 2. The number of carbonyl (C=O) groups excluding carboxylic acids is 1. The third-order valence-corrected chi connectivity index (χ3v) is 5.11. The number of para-hydroxylation sites is 1. The average Bonchev–Trinajstić information content (AvgIpc) is 2.97. The third kappa shape index (κ3) is 2.92. The molecule has 1 aliphatic carbocycles. The van der Waals surface area contributed by atoms with Gasteiger partial charge in [-0.15, -0.1) is 5.10 Å². The van der Waals surface area contributed by atoms with Gasteiger partial charge in [-0.25, -0.2) is 4.68 Å². The summed E-state index contributed by atoms with van der Waals surface area (Å²) in [7, 11) is 0. The normalized spacial score (nSPS) is 16.4. The van der Waals surface area contributed by atoms with Crippen molar-refractivity contribution in [3.63, 3.8) is 0 Å². The van der Waals surface area contributed by atoms with Gasteiger partial charge in [0.25, 0.3) is 0 Å². The summed E-state index contributed by atoms with van der Waals surface area (Å²) in [6.45, 7) is 6.31. The number of benzene rings is 2. The van der Waals surface area contributed by atoms with Gasteiger partial charge >= 0.3 is 0 Å². The van der Waals surface area contributed by atoms with E-state index in [2.05, 4.69) is 38.2 Å². The lowest BCUT2D eigenvalue weighted by Gasteiger charge is -2.19. The standard InChI is InChI=1S/C22H23N3O/c1-14-11-19-21(20(26)12-14)22(23-17-10-9-15(2)16(3)13-17)24-25(19)18-7-5-4-6-8-18/h4-10,13-14H,11-12H2,1-3H3,(H,23,24). The summed E-state index contributed by atoms with van der Waals surface area (Å²) in [5, 5.41) is 8.16. The van der Waals surface area contributed by atoms with Crippen LogP contribution in [-0.2, 0) is 6.42 Å². The lowest BCUT2D eigenvalue weighted by atomic mass is 9.87. The fourth-order valence-electron chi connectivity index (χ4n) is 3.58. The number of carbonyl (C=O) groups is 1. The van der Waals surface area contributed by atoms with Crippen molar-refractivity contribution in [1.82, 2.24) is 9.78 Å². The number of fused-ring (bicyclic) bond motifs is 1. The molecule has 4 nitrogen and oxygen atoms in total. The molecule has 132 valence electrons. The first-order valence-corrected chi connectivity index (χ1v) is 9.07. The van der Waals surface area contributed by atoms with Crippen molar-refractivity contribution in [2.45, 2.75) is 33.6 Å². The molecule has 0 radical (unpaired) electrons. The van der Waals surface area contributed by atoms with E-state index in [0.29, 0.717) is 18.2 Å². The molecule has 0 saturated carbocycles. The molecule has 1 heterocycles. The minimum atomic E-state index is 0.173. The molecule has 2 aromatic carbocycles. The number of aromatic nitrogens is 2. The Hall–Kier alpha value is -2.88. The summed E-state index contributed by atoms with van der Waals surface area (Å²) in [6, 6.07) is 16.2. The van der Waals surface area contributed by atoms with Crippen LogP contribution in [-0.4, -0.2) is 15.6 Å². The van der Waals surface area contributed by atoms with Crippen molar-refractivity contribution in [2.24, 2.45) is 5.92 Å². The molecule has 1 aliphatic rings. The van der Waals surface area contributed by atoms with Gasteiger partial charge in [-0.2, -0.15) is 0 Å². The van der Waals surface area contributed by atoms with E-state index in [0.717, 1.165) is 29.1 Å². The summed E-state index contributed by atoms with van der Waals surface area (Å²) in [5.74, 6) is 1.17. The first-order valence-electron chi connectivity index (χ1n) is 9.07. The minimum Gasteiger partial charge on any atom is -0.338 e. The number of anilines is 2. The van der Waals surface area contributed by atoms with Crippen LogP contribution in [0.15, 0.2) is 48.5 Å². The second-order valence-electron chi connectivity index (χ2n) is 7.28. The number of ketones is 1. The van der Waals surface area contributed by atoms with Crippen molar-refractivity contribution in [3.05, 3.63) is 70.9 Å². The molecule has 1 unspecified atom stereocenters. The second-order valence-corrected chi connectivity index (χ2v) is 7.28. The molecule has 26 heavy (non-hydrogen) atoms. The van der Waals surface area contributed by atoms with Gasteiger partial charge in [0.05, 0.1) is 16.9 Å². The maximum Gasteiger partial charge on any atom is 0.168 e. The zero-order valence-corrected chi connectivity index (χ0v) is 15.4.